The first-order valence-electron chi connectivity index (χ1n) is 8.10. The van der Waals surface area contributed by atoms with E-state index in [-0.39, 0.29) is 11.4 Å². The van der Waals surface area contributed by atoms with Gasteiger partial charge in [-0.3, -0.25) is 4.79 Å². The maximum atomic E-state index is 12.7. The summed E-state index contributed by atoms with van der Waals surface area (Å²) in [6, 6.07) is 20.9. The van der Waals surface area contributed by atoms with E-state index in [9.17, 15) is 18.0 Å². The molecule has 0 amide bonds. The van der Waals surface area contributed by atoms with Gasteiger partial charge >= 0.3 is 6.18 Å². The molecule has 0 saturated heterocycles. The van der Waals surface area contributed by atoms with Crippen molar-refractivity contribution in [2.75, 3.05) is 5.32 Å². The van der Waals surface area contributed by atoms with Crippen LogP contribution in [0.5, 0.6) is 0 Å². The Morgan fingerprint density at radius 2 is 1.48 bits per heavy atom. The quantitative estimate of drug-likeness (QED) is 0.459. The number of hydrogen-bond donors (Lipinski definition) is 1. The molecule has 0 saturated carbocycles. The summed E-state index contributed by atoms with van der Waals surface area (Å²) < 4.78 is 38.0. The Hall–Kier alpha value is -3.41. The maximum Gasteiger partial charge on any atom is 0.416 e. The summed E-state index contributed by atoms with van der Waals surface area (Å²) in [6.07, 6.45) is -3.83. The van der Waals surface area contributed by atoms with Gasteiger partial charge in [0, 0.05) is 16.9 Å². The lowest BCUT2D eigenvalue weighted by Gasteiger charge is -2.11. The van der Waals surface area contributed by atoms with Crippen molar-refractivity contribution in [2.24, 2.45) is 4.99 Å². The summed E-state index contributed by atoms with van der Waals surface area (Å²) in [5, 5.41) is 3.21. The van der Waals surface area contributed by atoms with E-state index in [0.717, 1.165) is 17.8 Å². The Kier molecular flexibility index (Phi) is 5.35. The van der Waals surface area contributed by atoms with Crippen molar-refractivity contribution >= 4 is 29.1 Å². The molecule has 1 N–H and O–H groups in total. The monoisotopic (exact) mass is 368 g/mol. The number of para-hydroxylation sites is 2. The molecular weight excluding hydrogens is 353 g/mol. The largest absolute Gasteiger partial charge is 0.416 e. The predicted molar refractivity (Wildman–Crippen MR) is 99.9 cm³/mol. The SMILES string of the molecule is O=C/C(=N\c1ccc(C(F)(F)F)cc1)c1ccccc1Nc1ccccc1. The van der Waals surface area contributed by atoms with E-state index >= 15 is 0 Å². The zero-order valence-corrected chi connectivity index (χ0v) is 14.1. The third-order valence-corrected chi connectivity index (χ3v) is 3.81. The molecule has 0 aromatic heterocycles. The molecule has 0 spiro atoms. The minimum absolute atomic E-state index is 0.119. The van der Waals surface area contributed by atoms with Gasteiger partial charge in [-0.05, 0) is 42.5 Å². The molecule has 0 radical (unpaired) electrons. The highest BCUT2D eigenvalue weighted by atomic mass is 19.4. The van der Waals surface area contributed by atoms with Crippen LogP contribution in [0.25, 0.3) is 0 Å². The molecule has 3 nitrogen and oxygen atoms in total. The van der Waals surface area contributed by atoms with Gasteiger partial charge in [-0.25, -0.2) is 4.99 Å². The fourth-order valence-electron chi connectivity index (χ4n) is 2.51. The van der Waals surface area contributed by atoms with Crippen molar-refractivity contribution < 1.29 is 18.0 Å². The average molecular weight is 368 g/mol. The zero-order chi connectivity index (χ0) is 19.3. The molecule has 0 bridgehead atoms. The first-order chi connectivity index (χ1) is 13.0. The number of hydrogen-bond acceptors (Lipinski definition) is 3. The smallest absolute Gasteiger partial charge is 0.355 e. The van der Waals surface area contributed by atoms with Crippen molar-refractivity contribution in [2.45, 2.75) is 6.18 Å². The highest BCUT2D eigenvalue weighted by Crippen LogP contribution is 2.30. The molecule has 3 rings (SSSR count). The van der Waals surface area contributed by atoms with Crippen LogP contribution in [0.3, 0.4) is 0 Å². The van der Waals surface area contributed by atoms with Crippen LogP contribution in [0.15, 0.2) is 83.9 Å². The molecule has 0 unspecified atom stereocenters. The van der Waals surface area contributed by atoms with Gasteiger partial charge in [0.25, 0.3) is 0 Å². The van der Waals surface area contributed by atoms with Gasteiger partial charge in [-0.15, -0.1) is 0 Å². The maximum absolute atomic E-state index is 12.7. The van der Waals surface area contributed by atoms with Gasteiger partial charge in [-0.1, -0.05) is 36.4 Å². The van der Waals surface area contributed by atoms with Crippen molar-refractivity contribution in [3.8, 4) is 0 Å². The Labute approximate surface area is 154 Å². The predicted octanol–water partition coefficient (Wildman–Crippen LogP) is 5.77. The molecule has 3 aromatic rings. The van der Waals surface area contributed by atoms with Crippen LogP contribution in [0.1, 0.15) is 11.1 Å². The fraction of sp³-hybridized carbons (Fsp3) is 0.0476. The van der Waals surface area contributed by atoms with E-state index in [1.807, 2.05) is 36.4 Å². The third kappa shape index (κ3) is 4.61. The van der Waals surface area contributed by atoms with Gasteiger partial charge in [0.2, 0.25) is 0 Å². The number of nitrogens with zero attached hydrogens (tertiary/aromatic N) is 1. The van der Waals surface area contributed by atoms with Gasteiger partial charge in [0.05, 0.1) is 11.3 Å². The molecule has 3 aromatic carbocycles. The van der Waals surface area contributed by atoms with Gasteiger partial charge in [0.15, 0.2) is 6.29 Å². The first kappa shape index (κ1) is 18.4. The van der Waals surface area contributed by atoms with Crippen LogP contribution in [0.2, 0.25) is 0 Å². The summed E-state index contributed by atoms with van der Waals surface area (Å²) in [4.78, 5) is 15.8. The summed E-state index contributed by atoms with van der Waals surface area (Å²) in [5.41, 5.74) is 1.68. The summed E-state index contributed by atoms with van der Waals surface area (Å²) in [6.45, 7) is 0. The Morgan fingerprint density at radius 1 is 0.852 bits per heavy atom. The summed E-state index contributed by atoms with van der Waals surface area (Å²) >= 11 is 0. The van der Waals surface area contributed by atoms with Crippen LogP contribution >= 0.6 is 0 Å². The number of alkyl halides is 3. The Balaban J connectivity index is 1.94. The fourth-order valence-corrected chi connectivity index (χ4v) is 2.51. The minimum atomic E-state index is -4.41. The number of carbonyl (C=O) groups is 1. The normalized spacial score (nSPS) is 11.9. The van der Waals surface area contributed by atoms with E-state index in [2.05, 4.69) is 10.3 Å². The standard InChI is InChI=1S/C21H15F3N2O/c22-21(23,24)15-10-12-17(13-11-15)26-20(14-27)18-8-4-5-9-19(18)25-16-6-2-1-3-7-16/h1-14,25H/b26-20+. The van der Waals surface area contributed by atoms with Crippen molar-refractivity contribution in [3.05, 3.63) is 90.0 Å². The summed E-state index contributed by atoms with van der Waals surface area (Å²) in [7, 11) is 0. The Bertz CT molecular complexity index is 949. The molecular formula is C21H15F3N2O. The lowest BCUT2D eigenvalue weighted by molar-refractivity contribution is -0.137. The molecule has 27 heavy (non-hydrogen) atoms. The number of benzene rings is 3. The zero-order valence-electron chi connectivity index (χ0n) is 14.1. The van der Waals surface area contributed by atoms with Crippen molar-refractivity contribution in [1.29, 1.82) is 0 Å². The van der Waals surface area contributed by atoms with Gasteiger partial charge in [0.1, 0.15) is 5.71 Å². The number of halogens is 3. The Morgan fingerprint density at radius 3 is 2.11 bits per heavy atom. The molecule has 0 heterocycles. The van der Waals surface area contributed by atoms with Crippen LogP contribution in [-0.2, 0) is 11.0 Å². The van der Waals surface area contributed by atoms with E-state index in [1.165, 1.54) is 12.1 Å². The molecule has 136 valence electrons. The lowest BCUT2D eigenvalue weighted by Crippen LogP contribution is -2.06. The summed E-state index contributed by atoms with van der Waals surface area (Å²) in [5.74, 6) is 0. The molecule has 0 fully saturated rings. The van der Waals surface area contributed by atoms with E-state index in [0.29, 0.717) is 17.5 Å². The van der Waals surface area contributed by atoms with Crippen LogP contribution in [-0.4, -0.2) is 12.0 Å². The van der Waals surface area contributed by atoms with Crippen LogP contribution < -0.4 is 5.32 Å². The first-order valence-corrected chi connectivity index (χ1v) is 8.10. The molecule has 0 aliphatic carbocycles. The second kappa shape index (κ2) is 7.86. The van der Waals surface area contributed by atoms with Gasteiger partial charge < -0.3 is 5.32 Å². The topological polar surface area (TPSA) is 41.5 Å². The van der Waals surface area contributed by atoms with Crippen LogP contribution in [0.4, 0.5) is 30.2 Å². The highest BCUT2D eigenvalue weighted by molar-refractivity contribution is 6.38. The van der Waals surface area contributed by atoms with E-state index in [1.54, 1.807) is 18.2 Å². The third-order valence-electron chi connectivity index (χ3n) is 3.81. The number of nitrogens with one attached hydrogen (secondary N) is 1. The van der Waals surface area contributed by atoms with E-state index < -0.39 is 11.7 Å². The second-order valence-electron chi connectivity index (χ2n) is 5.70. The number of carbonyl (C=O) groups excluding carboxylic acids is 1. The van der Waals surface area contributed by atoms with Crippen molar-refractivity contribution in [3.63, 3.8) is 0 Å². The molecule has 0 atom stereocenters. The number of aldehydes is 1. The molecule has 0 aliphatic rings. The number of aliphatic imine (C=N–C) groups is 1. The average Bonchev–Trinajstić information content (AvgIpc) is 2.67. The van der Waals surface area contributed by atoms with Crippen molar-refractivity contribution in [1.82, 2.24) is 0 Å². The number of anilines is 2. The van der Waals surface area contributed by atoms with E-state index in [4.69, 9.17) is 0 Å². The minimum Gasteiger partial charge on any atom is -0.355 e. The highest BCUT2D eigenvalue weighted by Gasteiger charge is 2.29. The molecule has 6 heteroatoms. The number of rotatable bonds is 5. The second-order valence-corrected chi connectivity index (χ2v) is 5.70. The van der Waals surface area contributed by atoms with Crippen LogP contribution in [0, 0.1) is 0 Å². The lowest BCUT2D eigenvalue weighted by atomic mass is 10.1. The molecule has 0 aliphatic heterocycles. The van der Waals surface area contributed by atoms with Gasteiger partial charge in [-0.2, -0.15) is 13.2 Å².